The molecular weight excluding hydrogens is 286 g/mol. The highest BCUT2D eigenvalue weighted by Gasteiger charge is 2.35. The Hall–Kier alpha value is -1.14. The second kappa shape index (κ2) is 5.93. The van der Waals surface area contributed by atoms with E-state index in [9.17, 15) is 22.7 Å². The lowest BCUT2D eigenvalue weighted by Crippen LogP contribution is -2.43. The van der Waals surface area contributed by atoms with Crippen molar-refractivity contribution in [3.05, 3.63) is 35.1 Å². The first-order chi connectivity index (χ1) is 9.73. The number of aliphatic hydroxyl groups is 1. The number of piperidine rings is 1. The molecule has 118 valence electrons. The largest absolute Gasteiger partial charge is 0.419 e. The van der Waals surface area contributed by atoms with E-state index in [1.54, 1.807) is 0 Å². The molecule has 0 spiro atoms. The minimum absolute atomic E-state index is 0.0563. The normalized spacial score (nSPS) is 24.3. The maximum Gasteiger partial charge on any atom is 0.419 e. The van der Waals surface area contributed by atoms with Gasteiger partial charge in [0.15, 0.2) is 0 Å². The van der Waals surface area contributed by atoms with Crippen LogP contribution in [0.15, 0.2) is 18.2 Å². The number of rotatable bonds is 3. The van der Waals surface area contributed by atoms with E-state index in [1.165, 1.54) is 6.07 Å². The van der Waals surface area contributed by atoms with Crippen LogP contribution in [0.3, 0.4) is 0 Å². The summed E-state index contributed by atoms with van der Waals surface area (Å²) in [7, 11) is 0. The zero-order valence-corrected chi connectivity index (χ0v) is 11.9. The van der Waals surface area contributed by atoms with Crippen LogP contribution in [0, 0.1) is 11.2 Å². The molecule has 0 amide bonds. The monoisotopic (exact) mass is 305 g/mol. The Kier molecular flexibility index (Phi) is 4.58. The Labute approximate surface area is 121 Å². The van der Waals surface area contributed by atoms with E-state index in [0.29, 0.717) is 18.7 Å². The second-order valence-corrected chi connectivity index (χ2v) is 6.09. The molecule has 0 radical (unpaired) electrons. The number of hydrogen-bond acceptors (Lipinski definition) is 2. The quantitative estimate of drug-likeness (QED) is 0.865. The summed E-state index contributed by atoms with van der Waals surface area (Å²) in [6.07, 6.45) is -2.89. The first kappa shape index (κ1) is 16.2. The van der Waals surface area contributed by atoms with Crippen LogP contribution in [0.5, 0.6) is 0 Å². The topological polar surface area (TPSA) is 23.5 Å². The minimum Gasteiger partial charge on any atom is -0.396 e. The van der Waals surface area contributed by atoms with Gasteiger partial charge in [0.1, 0.15) is 5.82 Å². The van der Waals surface area contributed by atoms with Gasteiger partial charge in [-0.1, -0.05) is 13.0 Å². The van der Waals surface area contributed by atoms with Crippen molar-refractivity contribution < 1.29 is 22.7 Å². The molecule has 0 aromatic heterocycles. The van der Waals surface area contributed by atoms with Gasteiger partial charge < -0.3 is 5.11 Å². The lowest BCUT2D eigenvalue weighted by atomic mass is 9.82. The smallest absolute Gasteiger partial charge is 0.396 e. The lowest BCUT2D eigenvalue weighted by molar-refractivity contribution is -0.140. The van der Waals surface area contributed by atoms with Crippen LogP contribution in [-0.4, -0.2) is 29.7 Å². The first-order valence-corrected chi connectivity index (χ1v) is 6.92. The maximum absolute atomic E-state index is 13.3. The van der Waals surface area contributed by atoms with Gasteiger partial charge in [-0.05, 0) is 37.1 Å². The Morgan fingerprint density at radius 1 is 1.33 bits per heavy atom. The van der Waals surface area contributed by atoms with Gasteiger partial charge in [0.25, 0.3) is 0 Å². The van der Waals surface area contributed by atoms with E-state index in [1.807, 2.05) is 11.8 Å². The zero-order valence-electron chi connectivity index (χ0n) is 11.9. The van der Waals surface area contributed by atoms with E-state index in [4.69, 9.17) is 0 Å². The fourth-order valence-corrected chi connectivity index (χ4v) is 2.84. The maximum atomic E-state index is 13.3. The Morgan fingerprint density at radius 3 is 2.67 bits per heavy atom. The summed E-state index contributed by atoms with van der Waals surface area (Å²) in [5, 5.41) is 9.40. The molecule has 1 aliphatic heterocycles. The van der Waals surface area contributed by atoms with Crippen LogP contribution in [0.1, 0.15) is 30.9 Å². The van der Waals surface area contributed by atoms with Gasteiger partial charge in [0.2, 0.25) is 0 Å². The summed E-state index contributed by atoms with van der Waals surface area (Å²) in [6, 6.07) is 3.13. The standard InChI is InChI=1S/C15H19F4NO/c1-14(10-21)5-2-6-20(9-14)8-11-3-4-13(16)12(7-11)15(17,18)19/h3-4,7,21H,2,5-6,8-10H2,1H3. The van der Waals surface area contributed by atoms with Crippen LogP contribution in [0.4, 0.5) is 17.6 Å². The summed E-state index contributed by atoms with van der Waals surface area (Å²) in [5.41, 5.74) is -1.00. The summed E-state index contributed by atoms with van der Waals surface area (Å²) < 4.78 is 51.3. The molecule has 6 heteroatoms. The molecule has 1 aromatic carbocycles. The van der Waals surface area contributed by atoms with E-state index in [-0.39, 0.29) is 12.0 Å². The predicted octanol–water partition coefficient (Wildman–Crippen LogP) is 3.44. The van der Waals surface area contributed by atoms with Gasteiger partial charge in [0, 0.05) is 25.1 Å². The van der Waals surface area contributed by atoms with Crippen molar-refractivity contribution >= 4 is 0 Å². The molecule has 1 aromatic rings. The Balaban J connectivity index is 2.13. The molecule has 1 N–H and O–H groups in total. The van der Waals surface area contributed by atoms with Crippen LogP contribution >= 0.6 is 0 Å². The third-order valence-electron chi connectivity index (χ3n) is 3.98. The molecule has 1 fully saturated rings. The third-order valence-corrected chi connectivity index (χ3v) is 3.98. The van der Waals surface area contributed by atoms with Crippen molar-refractivity contribution in [1.82, 2.24) is 4.90 Å². The summed E-state index contributed by atoms with van der Waals surface area (Å²) in [5.74, 6) is -1.25. The number of aliphatic hydroxyl groups excluding tert-OH is 1. The van der Waals surface area contributed by atoms with Gasteiger partial charge in [0.05, 0.1) is 5.56 Å². The molecule has 1 atom stereocenters. The molecule has 0 bridgehead atoms. The number of nitrogens with zero attached hydrogens (tertiary/aromatic N) is 1. The SMILES string of the molecule is CC1(CO)CCCN(Cc2ccc(F)c(C(F)(F)F)c2)C1. The summed E-state index contributed by atoms with van der Waals surface area (Å²) >= 11 is 0. The predicted molar refractivity (Wildman–Crippen MR) is 71.1 cm³/mol. The number of hydrogen-bond donors (Lipinski definition) is 1. The molecule has 1 aliphatic rings. The van der Waals surface area contributed by atoms with Gasteiger partial charge >= 0.3 is 6.18 Å². The van der Waals surface area contributed by atoms with E-state index < -0.39 is 17.6 Å². The van der Waals surface area contributed by atoms with Gasteiger partial charge in [-0.15, -0.1) is 0 Å². The lowest BCUT2D eigenvalue weighted by Gasteiger charge is -2.39. The Bertz CT molecular complexity index is 503. The van der Waals surface area contributed by atoms with Crippen LogP contribution in [0.25, 0.3) is 0 Å². The highest BCUT2D eigenvalue weighted by molar-refractivity contribution is 5.27. The van der Waals surface area contributed by atoms with Gasteiger partial charge in [-0.2, -0.15) is 13.2 Å². The molecule has 0 saturated carbocycles. The van der Waals surface area contributed by atoms with E-state index in [2.05, 4.69) is 0 Å². The van der Waals surface area contributed by atoms with Crippen LogP contribution in [0.2, 0.25) is 0 Å². The minimum atomic E-state index is -4.68. The average Bonchev–Trinajstić information content (AvgIpc) is 2.40. The molecule has 0 aliphatic carbocycles. The Morgan fingerprint density at radius 2 is 2.05 bits per heavy atom. The van der Waals surface area contributed by atoms with Crippen LogP contribution < -0.4 is 0 Å². The zero-order chi connectivity index (χ0) is 15.7. The van der Waals surface area contributed by atoms with Crippen molar-refractivity contribution in [2.45, 2.75) is 32.5 Å². The summed E-state index contributed by atoms with van der Waals surface area (Å²) in [4.78, 5) is 2.01. The van der Waals surface area contributed by atoms with E-state index >= 15 is 0 Å². The molecule has 2 nitrogen and oxygen atoms in total. The van der Waals surface area contributed by atoms with E-state index in [0.717, 1.165) is 31.5 Å². The molecular formula is C15H19F4NO. The second-order valence-electron chi connectivity index (χ2n) is 6.09. The molecule has 1 heterocycles. The van der Waals surface area contributed by atoms with Crippen LogP contribution in [-0.2, 0) is 12.7 Å². The first-order valence-electron chi connectivity index (χ1n) is 6.92. The van der Waals surface area contributed by atoms with Crippen molar-refractivity contribution in [2.24, 2.45) is 5.41 Å². The molecule has 1 unspecified atom stereocenters. The highest BCUT2D eigenvalue weighted by atomic mass is 19.4. The fraction of sp³-hybridized carbons (Fsp3) is 0.600. The number of likely N-dealkylation sites (tertiary alicyclic amines) is 1. The van der Waals surface area contributed by atoms with Gasteiger partial charge in [-0.3, -0.25) is 4.90 Å². The van der Waals surface area contributed by atoms with Crippen molar-refractivity contribution in [2.75, 3.05) is 19.7 Å². The molecule has 2 rings (SSSR count). The molecule has 1 saturated heterocycles. The highest BCUT2D eigenvalue weighted by Crippen LogP contribution is 2.33. The van der Waals surface area contributed by atoms with Crippen molar-refractivity contribution in [1.29, 1.82) is 0 Å². The average molecular weight is 305 g/mol. The summed E-state index contributed by atoms with van der Waals surface area (Å²) in [6.45, 7) is 3.75. The van der Waals surface area contributed by atoms with Gasteiger partial charge in [-0.25, -0.2) is 4.39 Å². The van der Waals surface area contributed by atoms with Crippen molar-refractivity contribution in [3.63, 3.8) is 0 Å². The molecule has 21 heavy (non-hydrogen) atoms. The van der Waals surface area contributed by atoms with Crippen molar-refractivity contribution in [3.8, 4) is 0 Å². The fourth-order valence-electron chi connectivity index (χ4n) is 2.84. The number of alkyl halides is 3. The number of benzene rings is 1. The number of halogens is 4. The third kappa shape index (κ3) is 3.95.